The Balaban J connectivity index is 3.99. The standard InChI is InChI=1S/C25H38O4/c1-4-7-8-9-10-11-12-13-14-15-16-17-18-19-20-21-22-23(24(26)28-5-2)25(27)29-6-3/h7-8,10-11,13-14,16-17,19-20,23H,4-6,9,12,15,18,21-22H2,1-3H3/b8-7-,11-10-,14-13-,17-16-,20-19-. The van der Waals surface area contributed by atoms with E-state index in [1.807, 2.05) is 12.2 Å². The van der Waals surface area contributed by atoms with Gasteiger partial charge in [-0.3, -0.25) is 9.59 Å². The number of carbonyl (C=O) groups is 2. The normalized spacial score (nSPS) is 12.4. The van der Waals surface area contributed by atoms with E-state index >= 15 is 0 Å². The zero-order chi connectivity index (χ0) is 21.6. The summed E-state index contributed by atoms with van der Waals surface area (Å²) in [7, 11) is 0. The van der Waals surface area contributed by atoms with Crippen LogP contribution >= 0.6 is 0 Å². The van der Waals surface area contributed by atoms with E-state index in [0.29, 0.717) is 12.8 Å². The van der Waals surface area contributed by atoms with Crippen molar-refractivity contribution < 1.29 is 19.1 Å². The smallest absolute Gasteiger partial charge is 0.320 e. The summed E-state index contributed by atoms with van der Waals surface area (Å²) in [5.41, 5.74) is 0. The van der Waals surface area contributed by atoms with Gasteiger partial charge in [-0.1, -0.05) is 67.7 Å². The summed E-state index contributed by atoms with van der Waals surface area (Å²) in [6.45, 7) is 6.11. The molecule has 0 aliphatic rings. The van der Waals surface area contributed by atoms with Crippen LogP contribution in [0.4, 0.5) is 0 Å². The molecular weight excluding hydrogens is 364 g/mol. The van der Waals surface area contributed by atoms with Crippen LogP contribution in [0.5, 0.6) is 0 Å². The zero-order valence-electron chi connectivity index (χ0n) is 18.3. The lowest BCUT2D eigenvalue weighted by Gasteiger charge is -2.13. The molecule has 0 fully saturated rings. The van der Waals surface area contributed by atoms with Crippen molar-refractivity contribution in [1.29, 1.82) is 0 Å². The van der Waals surface area contributed by atoms with Crippen molar-refractivity contribution in [3.63, 3.8) is 0 Å². The van der Waals surface area contributed by atoms with Gasteiger partial charge >= 0.3 is 11.9 Å². The Bertz CT molecular complexity index is 549. The molecule has 4 nitrogen and oxygen atoms in total. The number of allylic oxidation sites excluding steroid dienone is 10. The summed E-state index contributed by atoms with van der Waals surface area (Å²) in [6.07, 6.45) is 27.2. The molecule has 0 aromatic rings. The van der Waals surface area contributed by atoms with E-state index in [1.165, 1.54) is 0 Å². The van der Waals surface area contributed by atoms with E-state index in [-0.39, 0.29) is 13.2 Å². The van der Waals surface area contributed by atoms with Gasteiger partial charge in [0.1, 0.15) is 0 Å². The van der Waals surface area contributed by atoms with Crippen LogP contribution in [0.1, 0.15) is 65.7 Å². The second-order valence-corrected chi connectivity index (χ2v) is 6.34. The van der Waals surface area contributed by atoms with Gasteiger partial charge in [0.2, 0.25) is 0 Å². The van der Waals surface area contributed by atoms with E-state index in [4.69, 9.17) is 9.47 Å². The van der Waals surface area contributed by atoms with E-state index < -0.39 is 17.9 Å². The van der Waals surface area contributed by atoms with Crippen molar-refractivity contribution in [3.8, 4) is 0 Å². The molecule has 4 heteroatoms. The summed E-state index contributed by atoms with van der Waals surface area (Å²) in [5, 5.41) is 0. The lowest BCUT2D eigenvalue weighted by molar-refractivity contribution is -0.161. The molecule has 0 saturated heterocycles. The van der Waals surface area contributed by atoms with Crippen molar-refractivity contribution in [3.05, 3.63) is 60.8 Å². The molecule has 0 atom stereocenters. The van der Waals surface area contributed by atoms with Gasteiger partial charge in [0.05, 0.1) is 13.2 Å². The first-order valence-electron chi connectivity index (χ1n) is 10.7. The third kappa shape index (κ3) is 16.3. The van der Waals surface area contributed by atoms with Crippen molar-refractivity contribution in [2.24, 2.45) is 5.92 Å². The molecule has 29 heavy (non-hydrogen) atoms. The van der Waals surface area contributed by atoms with Crippen molar-refractivity contribution in [1.82, 2.24) is 0 Å². The van der Waals surface area contributed by atoms with Crippen LogP contribution in [0.15, 0.2) is 60.8 Å². The highest BCUT2D eigenvalue weighted by Gasteiger charge is 2.28. The second-order valence-electron chi connectivity index (χ2n) is 6.34. The third-order valence-electron chi connectivity index (χ3n) is 3.92. The molecule has 0 saturated carbocycles. The van der Waals surface area contributed by atoms with Gasteiger partial charge in [0.25, 0.3) is 0 Å². The van der Waals surface area contributed by atoms with Gasteiger partial charge in [-0.05, 0) is 58.8 Å². The summed E-state index contributed by atoms with van der Waals surface area (Å²) in [4.78, 5) is 23.8. The molecule has 0 heterocycles. The van der Waals surface area contributed by atoms with Gasteiger partial charge in [-0.15, -0.1) is 0 Å². The first-order valence-corrected chi connectivity index (χ1v) is 10.7. The van der Waals surface area contributed by atoms with Crippen LogP contribution in [0.3, 0.4) is 0 Å². The predicted octanol–water partition coefficient (Wildman–Crippen LogP) is 6.26. The number of rotatable bonds is 16. The number of hydrogen-bond acceptors (Lipinski definition) is 4. The van der Waals surface area contributed by atoms with E-state index in [1.54, 1.807) is 13.8 Å². The summed E-state index contributed by atoms with van der Waals surface area (Å²) >= 11 is 0. The summed E-state index contributed by atoms with van der Waals surface area (Å²) in [6, 6.07) is 0. The highest BCUT2D eigenvalue weighted by molar-refractivity contribution is 5.94. The first-order chi connectivity index (χ1) is 14.2. The topological polar surface area (TPSA) is 52.6 Å². The molecule has 0 radical (unpaired) electrons. The quantitative estimate of drug-likeness (QED) is 0.174. The van der Waals surface area contributed by atoms with Crippen molar-refractivity contribution >= 4 is 11.9 Å². The maximum absolute atomic E-state index is 11.9. The fourth-order valence-electron chi connectivity index (χ4n) is 2.45. The van der Waals surface area contributed by atoms with Crippen molar-refractivity contribution in [2.75, 3.05) is 13.2 Å². The van der Waals surface area contributed by atoms with Gasteiger partial charge in [-0.25, -0.2) is 0 Å². The highest BCUT2D eigenvalue weighted by atomic mass is 16.6. The first kappa shape index (κ1) is 26.6. The predicted molar refractivity (Wildman–Crippen MR) is 120 cm³/mol. The third-order valence-corrected chi connectivity index (χ3v) is 3.92. The van der Waals surface area contributed by atoms with E-state index in [9.17, 15) is 9.59 Å². The average molecular weight is 403 g/mol. The number of hydrogen-bond donors (Lipinski definition) is 0. The summed E-state index contributed by atoms with van der Waals surface area (Å²) < 4.78 is 9.92. The molecular formula is C25H38O4. The Hall–Kier alpha value is -2.36. The van der Waals surface area contributed by atoms with Crippen LogP contribution in [-0.2, 0) is 19.1 Å². The Morgan fingerprint density at radius 2 is 1.00 bits per heavy atom. The molecule has 0 aromatic heterocycles. The van der Waals surface area contributed by atoms with Crippen LogP contribution < -0.4 is 0 Å². The molecule has 0 aliphatic carbocycles. The Morgan fingerprint density at radius 3 is 1.38 bits per heavy atom. The fourth-order valence-corrected chi connectivity index (χ4v) is 2.45. The number of carbonyl (C=O) groups excluding carboxylic acids is 2. The molecule has 0 amide bonds. The minimum atomic E-state index is -0.836. The molecule has 0 N–H and O–H groups in total. The largest absolute Gasteiger partial charge is 0.465 e. The Kier molecular flexibility index (Phi) is 18.7. The Labute approximate surface area is 177 Å². The molecule has 0 spiro atoms. The van der Waals surface area contributed by atoms with Gasteiger partial charge in [-0.2, -0.15) is 0 Å². The molecule has 0 bridgehead atoms. The molecule has 0 unspecified atom stereocenters. The lowest BCUT2D eigenvalue weighted by atomic mass is 10.0. The SMILES string of the molecule is CC/C=C\C/C=C\C/C=C\C/C=C\C/C=C\CCC(C(=O)OCC)C(=O)OCC. The molecule has 0 rings (SSSR count). The number of esters is 2. The van der Waals surface area contributed by atoms with Gasteiger partial charge in [0, 0.05) is 0 Å². The van der Waals surface area contributed by atoms with Crippen LogP contribution in [0.2, 0.25) is 0 Å². The van der Waals surface area contributed by atoms with E-state index in [0.717, 1.165) is 32.1 Å². The fraction of sp³-hybridized carbons (Fsp3) is 0.520. The zero-order valence-corrected chi connectivity index (χ0v) is 18.3. The maximum atomic E-state index is 11.9. The molecule has 162 valence electrons. The second kappa shape index (κ2) is 20.4. The molecule has 0 aromatic carbocycles. The monoisotopic (exact) mass is 402 g/mol. The number of ether oxygens (including phenoxy) is 2. The van der Waals surface area contributed by atoms with Gasteiger partial charge < -0.3 is 9.47 Å². The summed E-state index contributed by atoms with van der Waals surface area (Å²) in [5.74, 6) is -1.84. The van der Waals surface area contributed by atoms with Crippen LogP contribution in [-0.4, -0.2) is 25.2 Å². The maximum Gasteiger partial charge on any atom is 0.320 e. The van der Waals surface area contributed by atoms with Crippen LogP contribution in [0, 0.1) is 5.92 Å². The Morgan fingerprint density at radius 1 is 0.621 bits per heavy atom. The minimum Gasteiger partial charge on any atom is -0.465 e. The average Bonchev–Trinajstić information content (AvgIpc) is 2.70. The van der Waals surface area contributed by atoms with E-state index in [2.05, 4.69) is 55.5 Å². The lowest BCUT2D eigenvalue weighted by Crippen LogP contribution is -2.28. The van der Waals surface area contributed by atoms with Crippen LogP contribution in [0.25, 0.3) is 0 Å². The van der Waals surface area contributed by atoms with Gasteiger partial charge in [0.15, 0.2) is 5.92 Å². The minimum absolute atomic E-state index is 0.260. The van der Waals surface area contributed by atoms with Crippen molar-refractivity contribution in [2.45, 2.75) is 65.7 Å². The highest BCUT2D eigenvalue weighted by Crippen LogP contribution is 2.12. The molecule has 0 aliphatic heterocycles.